The fraction of sp³-hybridized carbons (Fsp3) is 0.714. The number of rotatable bonds is 7. The second-order valence-corrected chi connectivity index (χ2v) is 4.92. The van der Waals surface area contributed by atoms with E-state index < -0.39 is 0 Å². The number of hydrogen-bond acceptors (Lipinski definition) is 3. The fourth-order valence-corrected chi connectivity index (χ4v) is 2.62. The van der Waals surface area contributed by atoms with Crippen LogP contribution in [0.4, 0.5) is 0 Å². The predicted octanol–water partition coefficient (Wildman–Crippen LogP) is 2.62. The van der Waals surface area contributed by atoms with Crippen molar-refractivity contribution in [2.45, 2.75) is 44.8 Å². The number of hydrogen-bond donors (Lipinski definition) is 1. The predicted molar refractivity (Wildman–Crippen MR) is 68.0 cm³/mol. The molecule has 1 aromatic rings. The molecule has 1 saturated carbocycles. The summed E-state index contributed by atoms with van der Waals surface area (Å²) in [5.41, 5.74) is 0. The Hall–Kier alpha value is -0.800. The summed E-state index contributed by atoms with van der Waals surface area (Å²) in [6.07, 6.45) is 6.93. The van der Waals surface area contributed by atoms with Crippen molar-refractivity contribution < 1.29 is 9.15 Å². The standard InChI is InChI=1S/C14H23NO2/c1-3-16-14-8-11(9-14)7-12(15-2)10-13-5-4-6-17-13/h4-6,11-12,14-15H,3,7-10H2,1-2H3. The summed E-state index contributed by atoms with van der Waals surface area (Å²) in [7, 11) is 2.03. The van der Waals surface area contributed by atoms with E-state index in [1.54, 1.807) is 6.26 Å². The normalized spacial score (nSPS) is 25.5. The van der Waals surface area contributed by atoms with Crippen LogP contribution in [0.25, 0.3) is 0 Å². The average molecular weight is 237 g/mol. The SMILES string of the molecule is CCOC1CC(CC(Cc2ccco2)NC)C1. The molecule has 1 aliphatic rings. The zero-order valence-electron chi connectivity index (χ0n) is 10.8. The van der Waals surface area contributed by atoms with Gasteiger partial charge in [0, 0.05) is 19.1 Å². The Morgan fingerprint density at radius 1 is 1.53 bits per heavy atom. The van der Waals surface area contributed by atoms with Crippen LogP contribution < -0.4 is 5.32 Å². The Labute approximate surface area is 104 Å². The lowest BCUT2D eigenvalue weighted by Gasteiger charge is -2.36. The van der Waals surface area contributed by atoms with Crippen molar-refractivity contribution in [1.82, 2.24) is 5.32 Å². The molecular weight excluding hydrogens is 214 g/mol. The molecule has 1 aromatic heterocycles. The monoisotopic (exact) mass is 237 g/mol. The molecule has 0 aromatic carbocycles. The largest absolute Gasteiger partial charge is 0.469 e. The van der Waals surface area contributed by atoms with Crippen LogP contribution >= 0.6 is 0 Å². The van der Waals surface area contributed by atoms with E-state index >= 15 is 0 Å². The highest BCUT2D eigenvalue weighted by Crippen LogP contribution is 2.34. The van der Waals surface area contributed by atoms with Gasteiger partial charge in [0.25, 0.3) is 0 Å². The molecule has 1 fully saturated rings. The minimum Gasteiger partial charge on any atom is -0.469 e. The van der Waals surface area contributed by atoms with Gasteiger partial charge in [-0.15, -0.1) is 0 Å². The number of nitrogens with one attached hydrogen (secondary N) is 1. The van der Waals surface area contributed by atoms with E-state index in [1.807, 2.05) is 19.2 Å². The van der Waals surface area contributed by atoms with Gasteiger partial charge < -0.3 is 14.5 Å². The third-order valence-electron chi connectivity index (χ3n) is 3.65. The maximum Gasteiger partial charge on any atom is 0.105 e. The summed E-state index contributed by atoms with van der Waals surface area (Å²) in [5.74, 6) is 1.89. The Morgan fingerprint density at radius 3 is 2.94 bits per heavy atom. The van der Waals surface area contributed by atoms with Crippen LogP contribution in [-0.2, 0) is 11.2 Å². The van der Waals surface area contributed by atoms with Crippen LogP contribution in [0.3, 0.4) is 0 Å². The highest BCUT2D eigenvalue weighted by atomic mass is 16.5. The molecule has 1 heterocycles. The van der Waals surface area contributed by atoms with Crippen molar-refractivity contribution in [3.63, 3.8) is 0 Å². The van der Waals surface area contributed by atoms with Gasteiger partial charge in [-0.2, -0.15) is 0 Å². The number of likely N-dealkylation sites (N-methyl/N-ethyl adjacent to an activating group) is 1. The summed E-state index contributed by atoms with van der Waals surface area (Å²) < 4.78 is 11.0. The molecule has 1 unspecified atom stereocenters. The molecule has 0 bridgehead atoms. The van der Waals surface area contributed by atoms with Crippen molar-refractivity contribution in [2.75, 3.05) is 13.7 Å². The molecule has 0 saturated heterocycles. The Bertz CT molecular complexity index is 304. The second-order valence-electron chi connectivity index (χ2n) is 4.92. The zero-order valence-corrected chi connectivity index (χ0v) is 10.8. The maximum atomic E-state index is 5.59. The lowest BCUT2D eigenvalue weighted by atomic mass is 9.77. The van der Waals surface area contributed by atoms with Gasteiger partial charge in [-0.1, -0.05) is 0 Å². The van der Waals surface area contributed by atoms with Crippen molar-refractivity contribution in [2.24, 2.45) is 5.92 Å². The molecule has 1 atom stereocenters. The summed E-state index contributed by atoms with van der Waals surface area (Å²) in [6.45, 7) is 2.92. The highest BCUT2D eigenvalue weighted by molar-refractivity contribution is 5.01. The lowest BCUT2D eigenvalue weighted by Crippen LogP contribution is -2.37. The van der Waals surface area contributed by atoms with Gasteiger partial charge >= 0.3 is 0 Å². The third-order valence-corrected chi connectivity index (χ3v) is 3.65. The quantitative estimate of drug-likeness (QED) is 0.791. The first kappa shape index (κ1) is 12.7. The topological polar surface area (TPSA) is 34.4 Å². The maximum absolute atomic E-state index is 5.59. The molecule has 3 nitrogen and oxygen atoms in total. The van der Waals surface area contributed by atoms with E-state index in [2.05, 4.69) is 12.2 Å². The summed E-state index contributed by atoms with van der Waals surface area (Å²) >= 11 is 0. The first-order valence-corrected chi connectivity index (χ1v) is 6.63. The van der Waals surface area contributed by atoms with Crippen molar-refractivity contribution in [3.05, 3.63) is 24.2 Å². The molecule has 0 amide bonds. The van der Waals surface area contributed by atoms with Crippen LogP contribution in [0, 0.1) is 5.92 Å². The zero-order chi connectivity index (χ0) is 12.1. The van der Waals surface area contributed by atoms with Gasteiger partial charge in [0.05, 0.1) is 12.4 Å². The van der Waals surface area contributed by atoms with Gasteiger partial charge in [-0.05, 0) is 51.3 Å². The highest BCUT2D eigenvalue weighted by Gasteiger charge is 2.31. The smallest absolute Gasteiger partial charge is 0.105 e. The molecule has 0 spiro atoms. The summed E-state index contributed by atoms with van der Waals surface area (Å²) in [6, 6.07) is 4.53. The van der Waals surface area contributed by atoms with Crippen LogP contribution in [-0.4, -0.2) is 25.8 Å². The summed E-state index contributed by atoms with van der Waals surface area (Å²) in [4.78, 5) is 0. The average Bonchev–Trinajstić information content (AvgIpc) is 2.77. The molecule has 96 valence electrons. The first-order valence-electron chi connectivity index (χ1n) is 6.63. The Balaban J connectivity index is 1.70. The second kappa shape index (κ2) is 6.22. The van der Waals surface area contributed by atoms with E-state index in [-0.39, 0.29) is 0 Å². The van der Waals surface area contributed by atoms with E-state index in [0.29, 0.717) is 12.1 Å². The lowest BCUT2D eigenvalue weighted by molar-refractivity contribution is -0.0289. The van der Waals surface area contributed by atoms with Crippen molar-refractivity contribution in [3.8, 4) is 0 Å². The van der Waals surface area contributed by atoms with Crippen LogP contribution in [0.2, 0.25) is 0 Å². The minimum absolute atomic E-state index is 0.520. The molecular formula is C14H23NO2. The van der Waals surface area contributed by atoms with Crippen LogP contribution in [0.15, 0.2) is 22.8 Å². The van der Waals surface area contributed by atoms with E-state index in [9.17, 15) is 0 Å². The number of furan rings is 1. The molecule has 3 heteroatoms. The molecule has 1 N–H and O–H groups in total. The van der Waals surface area contributed by atoms with Gasteiger partial charge in [0.1, 0.15) is 5.76 Å². The van der Waals surface area contributed by atoms with E-state index in [4.69, 9.17) is 9.15 Å². The molecule has 0 aliphatic heterocycles. The molecule has 17 heavy (non-hydrogen) atoms. The Morgan fingerprint density at radius 2 is 2.35 bits per heavy atom. The van der Waals surface area contributed by atoms with Gasteiger partial charge in [0.15, 0.2) is 0 Å². The third kappa shape index (κ3) is 3.58. The van der Waals surface area contributed by atoms with Crippen molar-refractivity contribution in [1.29, 1.82) is 0 Å². The fourth-order valence-electron chi connectivity index (χ4n) is 2.62. The number of ether oxygens (including phenoxy) is 1. The van der Waals surface area contributed by atoms with Gasteiger partial charge in [-0.3, -0.25) is 0 Å². The summed E-state index contributed by atoms with van der Waals surface area (Å²) in [5, 5.41) is 3.39. The van der Waals surface area contributed by atoms with E-state index in [0.717, 1.165) is 24.7 Å². The molecule has 0 radical (unpaired) electrons. The van der Waals surface area contributed by atoms with Gasteiger partial charge in [0.2, 0.25) is 0 Å². The molecule has 2 rings (SSSR count). The van der Waals surface area contributed by atoms with Gasteiger partial charge in [-0.25, -0.2) is 0 Å². The molecule has 1 aliphatic carbocycles. The van der Waals surface area contributed by atoms with Crippen molar-refractivity contribution >= 4 is 0 Å². The first-order chi connectivity index (χ1) is 8.31. The Kier molecular flexibility index (Phi) is 4.63. The van der Waals surface area contributed by atoms with Crippen LogP contribution in [0.5, 0.6) is 0 Å². The minimum atomic E-state index is 0.520. The van der Waals surface area contributed by atoms with Crippen LogP contribution in [0.1, 0.15) is 31.9 Å². The van der Waals surface area contributed by atoms with E-state index in [1.165, 1.54) is 19.3 Å².